The summed E-state index contributed by atoms with van der Waals surface area (Å²) in [6, 6.07) is 6.93. The number of nitrogens with zero attached hydrogens (tertiary/aromatic N) is 3. The van der Waals surface area contributed by atoms with Gasteiger partial charge in [-0.05, 0) is 38.3 Å². The molecule has 140 valence electrons. The van der Waals surface area contributed by atoms with E-state index >= 15 is 0 Å². The van der Waals surface area contributed by atoms with Crippen LogP contribution in [0.1, 0.15) is 26.2 Å². The second kappa shape index (κ2) is 9.02. The van der Waals surface area contributed by atoms with Crippen LogP contribution in [0.3, 0.4) is 0 Å². The van der Waals surface area contributed by atoms with Crippen LogP contribution in [0.2, 0.25) is 0 Å². The molecule has 0 amide bonds. The maximum atomic E-state index is 13.9. The Morgan fingerprint density at radius 3 is 2.48 bits per heavy atom. The van der Waals surface area contributed by atoms with Crippen LogP contribution < -0.4 is 10.2 Å². The molecule has 0 spiro atoms. The second-order valence-corrected chi connectivity index (χ2v) is 6.67. The van der Waals surface area contributed by atoms with Crippen LogP contribution in [0.25, 0.3) is 0 Å². The number of hydrogen-bond donors (Lipinski definition) is 2. The van der Waals surface area contributed by atoms with Crippen molar-refractivity contribution in [2.45, 2.75) is 31.8 Å². The zero-order chi connectivity index (χ0) is 17.0. The van der Waals surface area contributed by atoms with Gasteiger partial charge in [-0.15, -0.1) is 24.0 Å². The lowest BCUT2D eigenvalue weighted by molar-refractivity contribution is -0.0237. The SMILES string of the molecule is CCNC(=NCC1(O)CCC1)N1CCN(c2ccccc2F)CC1.I. The highest BCUT2D eigenvalue weighted by atomic mass is 127. The van der Waals surface area contributed by atoms with Gasteiger partial charge in [-0.2, -0.15) is 0 Å². The van der Waals surface area contributed by atoms with Gasteiger partial charge in [0.15, 0.2) is 5.96 Å². The molecule has 1 aliphatic carbocycles. The molecule has 0 radical (unpaired) electrons. The van der Waals surface area contributed by atoms with E-state index in [4.69, 9.17) is 0 Å². The molecule has 5 nitrogen and oxygen atoms in total. The van der Waals surface area contributed by atoms with Gasteiger partial charge in [-0.3, -0.25) is 4.99 Å². The number of anilines is 1. The molecular weight excluding hydrogens is 434 g/mol. The van der Waals surface area contributed by atoms with Crippen LogP contribution in [-0.2, 0) is 0 Å². The number of aliphatic imine (C=N–C) groups is 1. The Balaban J connectivity index is 0.00000225. The fourth-order valence-electron chi connectivity index (χ4n) is 3.26. The highest BCUT2D eigenvalue weighted by Crippen LogP contribution is 2.31. The monoisotopic (exact) mass is 462 g/mol. The molecule has 1 aliphatic heterocycles. The highest BCUT2D eigenvalue weighted by Gasteiger charge is 2.34. The van der Waals surface area contributed by atoms with Gasteiger partial charge in [0.2, 0.25) is 0 Å². The summed E-state index contributed by atoms with van der Waals surface area (Å²) >= 11 is 0. The number of benzene rings is 1. The third kappa shape index (κ3) is 4.97. The summed E-state index contributed by atoms with van der Waals surface area (Å²) in [6.45, 7) is 6.40. The number of para-hydroxylation sites is 1. The normalized spacial score (nSPS) is 19.9. The van der Waals surface area contributed by atoms with Crippen molar-refractivity contribution in [3.05, 3.63) is 30.1 Å². The molecule has 1 saturated heterocycles. The quantitative estimate of drug-likeness (QED) is 0.410. The van der Waals surface area contributed by atoms with Crippen LogP contribution in [-0.4, -0.2) is 60.8 Å². The lowest BCUT2D eigenvalue weighted by Crippen LogP contribution is -2.53. The van der Waals surface area contributed by atoms with Crippen LogP contribution in [0.5, 0.6) is 0 Å². The van der Waals surface area contributed by atoms with Crippen LogP contribution in [0.4, 0.5) is 10.1 Å². The molecule has 3 rings (SSSR count). The Hall–Kier alpha value is -1.09. The van der Waals surface area contributed by atoms with Crippen LogP contribution in [0.15, 0.2) is 29.3 Å². The van der Waals surface area contributed by atoms with Crippen LogP contribution in [0, 0.1) is 5.82 Å². The first kappa shape index (κ1) is 20.2. The van der Waals surface area contributed by atoms with E-state index in [-0.39, 0.29) is 29.8 Å². The molecule has 1 aromatic rings. The fraction of sp³-hybridized carbons (Fsp3) is 0.611. The first-order chi connectivity index (χ1) is 11.6. The van der Waals surface area contributed by atoms with E-state index in [1.54, 1.807) is 6.07 Å². The topological polar surface area (TPSA) is 51.1 Å². The van der Waals surface area contributed by atoms with Gasteiger partial charge in [0.25, 0.3) is 0 Å². The minimum absolute atomic E-state index is 0. The molecule has 7 heteroatoms. The minimum Gasteiger partial charge on any atom is -0.388 e. The van der Waals surface area contributed by atoms with Crippen molar-refractivity contribution in [1.29, 1.82) is 0 Å². The summed E-state index contributed by atoms with van der Waals surface area (Å²) in [7, 11) is 0. The van der Waals surface area contributed by atoms with Crippen molar-refractivity contribution >= 4 is 35.6 Å². The number of guanidine groups is 1. The summed E-state index contributed by atoms with van der Waals surface area (Å²) in [5, 5.41) is 13.6. The Morgan fingerprint density at radius 2 is 1.92 bits per heavy atom. The van der Waals surface area contributed by atoms with E-state index in [0.29, 0.717) is 12.2 Å². The standard InChI is InChI=1S/C18H27FN4O.HI/c1-2-20-17(21-14-18(24)8-5-9-18)23-12-10-22(11-13-23)16-7-4-3-6-15(16)19;/h3-4,6-7,24H,2,5,8-14H2,1H3,(H,20,21);1H. The van der Waals surface area contributed by atoms with E-state index in [0.717, 1.165) is 57.9 Å². The number of rotatable bonds is 4. The van der Waals surface area contributed by atoms with Crippen molar-refractivity contribution < 1.29 is 9.50 Å². The smallest absolute Gasteiger partial charge is 0.194 e. The number of nitrogens with one attached hydrogen (secondary N) is 1. The van der Waals surface area contributed by atoms with E-state index in [2.05, 4.69) is 20.1 Å². The molecule has 0 aromatic heterocycles. The molecule has 1 aromatic carbocycles. The van der Waals surface area contributed by atoms with E-state index in [1.807, 2.05) is 19.1 Å². The zero-order valence-corrected chi connectivity index (χ0v) is 17.1. The van der Waals surface area contributed by atoms with E-state index in [1.165, 1.54) is 6.07 Å². The third-order valence-corrected chi connectivity index (χ3v) is 4.91. The molecule has 0 bridgehead atoms. The van der Waals surface area contributed by atoms with E-state index in [9.17, 15) is 9.50 Å². The van der Waals surface area contributed by atoms with E-state index < -0.39 is 5.60 Å². The predicted octanol–water partition coefficient (Wildman–Crippen LogP) is 2.45. The third-order valence-electron chi connectivity index (χ3n) is 4.91. The molecule has 0 unspecified atom stereocenters. The first-order valence-electron chi connectivity index (χ1n) is 8.86. The molecule has 1 heterocycles. The van der Waals surface area contributed by atoms with Crippen molar-refractivity contribution in [2.24, 2.45) is 4.99 Å². The Kier molecular flexibility index (Phi) is 7.30. The van der Waals surface area contributed by atoms with Gasteiger partial charge >= 0.3 is 0 Å². The summed E-state index contributed by atoms with van der Waals surface area (Å²) in [5.41, 5.74) is 0.0678. The lowest BCUT2D eigenvalue weighted by atomic mass is 9.80. The Morgan fingerprint density at radius 1 is 1.24 bits per heavy atom. The molecular formula is C18H28FIN4O. The minimum atomic E-state index is -0.602. The molecule has 25 heavy (non-hydrogen) atoms. The molecule has 1 saturated carbocycles. The summed E-state index contributed by atoms with van der Waals surface area (Å²) < 4.78 is 13.9. The maximum Gasteiger partial charge on any atom is 0.194 e. The summed E-state index contributed by atoms with van der Waals surface area (Å²) in [5.74, 6) is 0.685. The number of piperazine rings is 1. The van der Waals surface area contributed by atoms with Gasteiger partial charge < -0.3 is 20.2 Å². The number of halogens is 2. The zero-order valence-electron chi connectivity index (χ0n) is 14.7. The number of hydrogen-bond acceptors (Lipinski definition) is 3. The largest absolute Gasteiger partial charge is 0.388 e. The molecule has 2 fully saturated rings. The average Bonchev–Trinajstić information content (AvgIpc) is 2.58. The summed E-state index contributed by atoms with van der Waals surface area (Å²) in [6.07, 6.45) is 2.78. The van der Waals surface area contributed by atoms with Crippen molar-refractivity contribution in [3.8, 4) is 0 Å². The molecule has 2 N–H and O–H groups in total. The lowest BCUT2D eigenvalue weighted by Gasteiger charge is -2.39. The predicted molar refractivity (Wildman–Crippen MR) is 110 cm³/mol. The van der Waals surface area contributed by atoms with Gasteiger partial charge in [0.05, 0.1) is 17.8 Å². The molecule has 0 atom stereocenters. The highest BCUT2D eigenvalue weighted by molar-refractivity contribution is 14.0. The molecule has 2 aliphatic rings. The van der Waals surface area contributed by atoms with Gasteiger partial charge in [0.1, 0.15) is 5.82 Å². The average molecular weight is 462 g/mol. The van der Waals surface area contributed by atoms with Gasteiger partial charge in [0, 0.05) is 32.7 Å². The Labute approximate surface area is 166 Å². The summed E-state index contributed by atoms with van der Waals surface area (Å²) in [4.78, 5) is 8.91. The fourth-order valence-corrected chi connectivity index (χ4v) is 3.26. The number of aliphatic hydroxyl groups is 1. The Bertz CT molecular complexity index is 586. The van der Waals surface area contributed by atoms with Crippen molar-refractivity contribution in [3.63, 3.8) is 0 Å². The van der Waals surface area contributed by atoms with Crippen molar-refractivity contribution in [2.75, 3.05) is 44.2 Å². The van der Waals surface area contributed by atoms with Gasteiger partial charge in [-0.1, -0.05) is 12.1 Å². The second-order valence-electron chi connectivity index (χ2n) is 6.67. The van der Waals surface area contributed by atoms with Crippen molar-refractivity contribution in [1.82, 2.24) is 10.2 Å². The van der Waals surface area contributed by atoms with Gasteiger partial charge in [-0.25, -0.2) is 4.39 Å². The first-order valence-corrected chi connectivity index (χ1v) is 8.86. The maximum absolute atomic E-state index is 13.9. The van der Waals surface area contributed by atoms with Crippen LogP contribution >= 0.6 is 24.0 Å².